The van der Waals surface area contributed by atoms with Gasteiger partial charge in [0.05, 0.1) is 5.92 Å². The van der Waals surface area contributed by atoms with E-state index in [2.05, 4.69) is 10.1 Å². The van der Waals surface area contributed by atoms with Gasteiger partial charge < -0.3 is 14.4 Å². The van der Waals surface area contributed by atoms with E-state index in [1.54, 1.807) is 30.3 Å². The number of amides is 1. The first kappa shape index (κ1) is 26.3. The third-order valence-corrected chi connectivity index (χ3v) is 6.63. The Labute approximate surface area is 215 Å². The predicted molar refractivity (Wildman–Crippen MR) is 121 cm³/mol. The van der Waals surface area contributed by atoms with Crippen LogP contribution in [0.1, 0.15) is 5.56 Å². The molecule has 0 aromatic heterocycles. The molecule has 1 saturated heterocycles. The van der Waals surface area contributed by atoms with Crippen LogP contribution in [0.4, 0.5) is 46.9 Å². The van der Waals surface area contributed by atoms with Gasteiger partial charge in [0.25, 0.3) is 0 Å². The maximum atomic E-state index is 14.8. The van der Waals surface area contributed by atoms with Gasteiger partial charge in [-0.25, -0.2) is 26.7 Å². The standard InChI is InChI=1S/C26H17F7N2O4/c27-15-6-12(34-26(37)38-10-11-4-2-1-3-5-11)7-16(28)23(15)35-8-13-14(9-35)17(13)25(36)39-24-21(32)19(30)18(29)20(31)22(24)33/h1-7,13-14,17H,8-10H2,(H,34,37)/t13-,14+,17?. The van der Waals surface area contributed by atoms with Gasteiger partial charge in [0.15, 0.2) is 11.6 Å². The molecule has 1 aliphatic carbocycles. The minimum absolute atomic E-state index is 0.0404. The van der Waals surface area contributed by atoms with Crippen LogP contribution in [0.25, 0.3) is 0 Å². The Morgan fingerprint density at radius 3 is 1.92 bits per heavy atom. The van der Waals surface area contributed by atoms with Gasteiger partial charge in [-0.2, -0.15) is 8.78 Å². The molecule has 2 fully saturated rings. The van der Waals surface area contributed by atoms with E-state index in [-0.39, 0.29) is 25.4 Å². The van der Waals surface area contributed by atoms with Crippen molar-refractivity contribution in [3.63, 3.8) is 0 Å². The molecule has 3 atom stereocenters. The molecular formula is C26H17F7N2O4. The maximum Gasteiger partial charge on any atom is 0.411 e. The van der Waals surface area contributed by atoms with Crippen molar-refractivity contribution in [2.24, 2.45) is 17.8 Å². The number of esters is 1. The number of carbonyl (C=O) groups is 2. The lowest BCUT2D eigenvalue weighted by atomic mass is 10.2. The van der Waals surface area contributed by atoms with E-state index in [0.29, 0.717) is 5.56 Å². The average molecular weight is 554 g/mol. The van der Waals surface area contributed by atoms with Crippen molar-refractivity contribution in [2.45, 2.75) is 6.61 Å². The molecule has 6 nitrogen and oxygen atoms in total. The lowest BCUT2D eigenvalue weighted by molar-refractivity contribution is -0.137. The first-order valence-electron chi connectivity index (χ1n) is 11.5. The van der Waals surface area contributed by atoms with Crippen LogP contribution in [0.5, 0.6) is 5.75 Å². The van der Waals surface area contributed by atoms with Crippen molar-refractivity contribution in [3.05, 3.63) is 88.7 Å². The smallest absolute Gasteiger partial charge is 0.411 e. The monoisotopic (exact) mass is 554 g/mol. The van der Waals surface area contributed by atoms with E-state index in [4.69, 9.17) is 4.74 Å². The van der Waals surface area contributed by atoms with E-state index in [1.165, 1.54) is 4.90 Å². The highest BCUT2D eigenvalue weighted by Gasteiger charge is 2.61. The van der Waals surface area contributed by atoms with Crippen molar-refractivity contribution < 1.29 is 49.8 Å². The zero-order valence-electron chi connectivity index (χ0n) is 19.6. The molecule has 0 spiro atoms. The molecule has 1 amide bonds. The Kier molecular flexibility index (Phi) is 6.83. The number of anilines is 2. The number of ether oxygens (including phenoxy) is 2. The topological polar surface area (TPSA) is 67.9 Å². The highest BCUT2D eigenvalue weighted by molar-refractivity contribution is 5.85. The van der Waals surface area contributed by atoms with Crippen molar-refractivity contribution in [2.75, 3.05) is 23.3 Å². The van der Waals surface area contributed by atoms with Crippen LogP contribution in [-0.4, -0.2) is 25.2 Å². The SMILES string of the molecule is O=C(Nc1cc(F)c(N2C[C@@H]3C(C(=O)Oc4c(F)c(F)c(F)c(F)c4F)[C@@H]3C2)c(F)c1)OCc1ccccc1. The molecule has 1 unspecified atom stereocenters. The molecule has 1 saturated carbocycles. The second-order valence-electron chi connectivity index (χ2n) is 9.05. The zero-order valence-corrected chi connectivity index (χ0v) is 19.6. The molecule has 3 aromatic carbocycles. The van der Waals surface area contributed by atoms with Crippen molar-refractivity contribution in [1.29, 1.82) is 0 Å². The zero-order chi connectivity index (χ0) is 28.0. The number of halogens is 7. The third kappa shape index (κ3) is 4.95. The fourth-order valence-corrected chi connectivity index (χ4v) is 4.72. The largest absolute Gasteiger partial charge is 0.444 e. The number of fused-ring (bicyclic) bond motifs is 1. The molecule has 13 heteroatoms. The van der Waals surface area contributed by atoms with E-state index in [9.17, 15) is 40.3 Å². The normalized spacial score (nSPS) is 19.5. The number of carbonyl (C=O) groups excluding carboxylic acids is 2. The van der Waals surface area contributed by atoms with Crippen LogP contribution in [0.15, 0.2) is 42.5 Å². The molecular weight excluding hydrogens is 537 g/mol. The Balaban J connectivity index is 1.20. The third-order valence-electron chi connectivity index (χ3n) is 6.63. The summed E-state index contributed by atoms with van der Waals surface area (Å²) in [6, 6.07) is 10.5. The van der Waals surface area contributed by atoms with Gasteiger partial charge in [-0.05, 0) is 29.5 Å². The number of nitrogens with zero attached hydrogens (tertiary/aromatic N) is 1. The van der Waals surface area contributed by atoms with Gasteiger partial charge in [0, 0.05) is 18.8 Å². The summed E-state index contributed by atoms with van der Waals surface area (Å²) in [6.45, 7) is -0.136. The molecule has 1 N–H and O–H groups in total. The van der Waals surface area contributed by atoms with Gasteiger partial charge in [0.2, 0.25) is 34.8 Å². The number of hydrogen-bond donors (Lipinski definition) is 1. The number of hydrogen-bond acceptors (Lipinski definition) is 5. The molecule has 3 aromatic rings. The van der Waals surface area contributed by atoms with Gasteiger partial charge >= 0.3 is 12.1 Å². The van der Waals surface area contributed by atoms with Crippen LogP contribution in [0.3, 0.4) is 0 Å². The Bertz CT molecular complexity index is 1410. The molecule has 2 aliphatic rings. The number of rotatable bonds is 6. The minimum Gasteiger partial charge on any atom is -0.444 e. The van der Waals surface area contributed by atoms with Crippen molar-refractivity contribution in [1.82, 2.24) is 0 Å². The summed E-state index contributed by atoms with van der Waals surface area (Å²) in [5, 5.41) is 2.24. The maximum absolute atomic E-state index is 14.8. The van der Waals surface area contributed by atoms with E-state index in [1.807, 2.05) is 0 Å². The fraction of sp³-hybridized carbons (Fsp3) is 0.231. The Hall–Kier alpha value is -4.29. The molecule has 0 radical (unpaired) electrons. The lowest BCUT2D eigenvalue weighted by Crippen LogP contribution is -2.29. The summed E-state index contributed by atoms with van der Waals surface area (Å²) in [4.78, 5) is 25.6. The van der Waals surface area contributed by atoms with Gasteiger partial charge in [-0.15, -0.1) is 0 Å². The van der Waals surface area contributed by atoms with Crippen LogP contribution in [0.2, 0.25) is 0 Å². The van der Waals surface area contributed by atoms with Gasteiger partial charge in [-0.3, -0.25) is 10.1 Å². The number of benzene rings is 3. The second kappa shape index (κ2) is 10.1. The van der Waals surface area contributed by atoms with E-state index >= 15 is 0 Å². The summed E-state index contributed by atoms with van der Waals surface area (Å²) in [7, 11) is 0. The molecule has 204 valence electrons. The van der Waals surface area contributed by atoms with Crippen LogP contribution in [-0.2, 0) is 16.1 Å². The Morgan fingerprint density at radius 2 is 1.36 bits per heavy atom. The van der Waals surface area contributed by atoms with Gasteiger partial charge in [0.1, 0.15) is 12.3 Å². The van der Waals surface area contributed by atoms with Crippen LogP contribution >= 0.6 is 0 Å². The predicted octanol–water partition coefficient (Wildman–Crippen LogP) is 5.70. The first-order chi connectivity index (χ1) is 18.6. The van der Waals surface area contributed by atoms with Gasteiger partial charge in [-0.1, -0.05) is 30.3 Å². The molecule has 5 rings (SSSR count). The van der Waals surface area contributed by atoms with Crippen molar-refractivity contribution in [3.8, 4) is 5.75 Å². The summed E-state index contributed by atoms with van der Waals surface area (Å²) in [6.07, 6.45) is -0.928. The van der Waals surface area contributed by atoms with E-state index in [0.717, 1.165) is 12.1 Å². The van der Waals surface area contributed by atoms with Crippen LogP contribution in [0, 0.1) is 58.5 Å². The quantitative estimate of drug-likeness (QED) is 0.139. The minimum atomic E-state index is -2.39. The van der Waals surface area contributed by atoms with Crippen LogP contribution < -0.4 is 15.0 Å². The highest BCUT2D eigenvalue weighted by Crippen LogP contribution is 2.54. The summed E-state index contributed by atoms with van der Waals surface area (Å²) in [5.74, 6) is -18.4. The van der Waals surface area contributed by atoms with Crippen molar-refractivity contribution >= 4 is 23.4 Å². The lowest BCUT2D eigenvalue weighted by Gasteiger charge is -2.23. The highest BCUT2D eigenvalue weighted by atomic mass is 19.2. The molecule has 39 heavy (non-hydrogen) atoms. The number of piperidine rings is 1. The average Bonchev–Trinajstić information content (AvgIpc) is 3.42. The van der Waals surface area contributed by atoms with E-state index < -0.39 is 82.0 Å². The molecule has 0 bridgehead atoms. The fourth-order valence-electron chi connectivity index (χ4n) is 4.72. The summed E-state index contributed by atoms with van der Waals surface area (Å²) < 4.78 is 107. The number of nitrogens with one attached hydrogen (secondary N) is 1. The first-order valence-corrected chi connectivity index (χ1v) is 11.5. The molecule has 1 heterocycles. The summed E-state index contributed by atoms with van der Waals surface area (Å²) >= 11 is 0. The summed E-state index contributed by atoms with van der Waals surface area (Å²) in [5.41, 5.74) is 0.0973. The molecule has 1 aliphatic heterocycles. The Morgan fingerprint density at radius 1 is 0.821 bits per heavy atom. The second-order valence-corrected chi connectivity index (χ2v) is 9.05.